The van der Waals surface area contributed by atoms with Crippen molar-refractivity contribution >= 4 is 102 Å². The van der Waals surface area contributed by atoms with Crippen molar-refractivity contribution in [1.29, 1.82) is 0 Å². The molecule has 3 fully saturated rings. The van der Waals surface area contributed by atoms with Gasteiger partial charge in [-0.2, -0.15) is 0 Å². The molecule has 116 heavy (non-hydrogen) atoms. The second-order valence-corrected chi connectivity index (χ2v) is 31.6. The molecule has 0 radical (unpaired) electrons. The SMILES string of the molecule is CN(C)Cc1nc(Nc2cnc(-c3ccnc4c3ccn4C)c3c2C(=O)NC3)ccc1N1CCC(O)CC1.CN(C)Cc1nc(Nc2cnc(-c3ccnc4c3ccn4C)c3c2C(=O)NC3)ccc1N1CCOCC1.CN(C)Cc1nc(Nc2cnc(-c3ccnc4c3ccn4C)c3c2C(=O)NC3)ccc1N1CCO[C@@H](C(C)(C)O)C1. The van der Waals surface area contributed by atoms with Crippen LogP contribution in [0.4, 0.5) is 51.6 Å². The number of aliphatic hydroxyl groups excluding tert-OH is 1. The molecule has 31 heteroatoms. The molecule has 18 heterocycles. The van der Waals surface area contributed by atoms with Crippen molar-refractivity contribution < 1.29 is 34.1 Å². The molecule has 6 aliphatic rings. The Morgan fingerprint density at radius 1 is 0.466 bits per heavy atom. The molecule has 12 aromatic rings. The zero-order chi connectivity index (χ0) is 80.8. The lowest BCUT2D eigenvalue weighted by Crippen LogP contribution is -2.52. The minimum Gasteiger partial charge on any atom is -0.393 e. The van der Waals surface area contributed by atoms with E-state index >= 15 is 0 Å². The molecule has 0 aromatic carbocycles. The van der Waals surface area contributed by atoms with Crippen LogP contribution in [0.25, 0.3) is 66.9 Å². The van der Waals surface area contributed by atoms with Crippen LogP contribution in [0.2, 0.25) is 0 Å². The molecule has 600 valence electrons. The van der Waals surface area contributed by atoms with E-state index in [1.807, 2.05) is 156 Å². The molecule has 3 saturated heterocycles. The number of anilines is 9. The average molecular weight is 1570 g/mol. The van der Waals surface area contributed by atoms with Crippen molar-refractivity contribution in [3.8, 4) is 33.8 Å². The molecule has 18 rings (SSSR count). The fourth-order valence-corrected chi connectivity index (χ4v) is 16.2. The Morgan fingerprint density at radius 3 is 1.16 bits per heavy atom. The number of pyridine rings is 9. The summed E-state index contributed by atoms with van der Waals surface area (Å²) in [7, 11) is 18.0. The van der Waals surface area contributed by atoms with Crippen LogP contribution >= 0.6 is 0 Å². The normalized spacial score (nSPS) is 16.2. The van der Waals surface area contributed by atoms with Gasteiger partial charge >= 0.3 is 0 Å². The predicted molar refractivity (Wildman–Crippen MR) is 449 cm³/mol. The molecule has 0 unspecified atom stereocenters. The Balaban J connectivity index is 0.000000131. The van der Waals surface area contributed by atoms with Gasteiger partial charge in [0.25, 0.3) is 17.7 Å². The first-order valence-corrected chi connectivity index (χ1v) is 39.2. The van der Waals surface area contributed by atoms with Crippen LogP contribution in [-0.4, -0.2) is 220 Å². The van der Waals surface area contributed by atoms with Crippen LogP contribution < -0.4 is 46.6 Å². The van der Waals surface area contributed by atoms with Gasteiger partial charge < -0.3 is 94.7 Å². The van der Waals surface area contributed by atoms with Gasteiger partial charge in [0, 0.05) is 186 Å². The highest BCUT2D eigenvalue weighted by Crippen LogP contribution is 2.42. The number of amides is 3. The number of fused-ring (bicyclic) bond motifs is 6. The molecule has 31 nitrogen and oxygen atoms in total. The van der Waals surface area contributed by atoms with E-state index in [-0.39, 0.29) is 29.9 Å². The summed E-state index contributed by atoms with van der Waals surface area (Å²) in [4.78, 5) is 94.9. The van der Waals surface area contributed by atoms with Gasteiger partial charge in [0.15, 0.2) is 0 Å². The fraction of sp³-hybridized carbons (Fsp3) is 0.365. The van der Waals surface area contributed by atoms with Crippen LogP contribution in [0, 0.1) is 0 Å². The quantitative estimate of drug-likeness (QED) is 0.0374. The zero-order valence-electron chi connectivity index (χ0n) is 67.3. The molecular formula is C85H98N24O7. The zero-order valence-corrected chi connectivity index (χ0v) is 67.3. The molecule has 0 spiro atoms. The lowest BCUT2D eigenvalue weighted by atomic mass is 10.00. The monoisotopic (exact) mass is 1570 g/mol. The van der Waals surface area contributed by atoms with Gasteiger partial charge in [0.2, 0.25) is 0 Å². The standard InChI is InChI=1S/C30H36N8O3.C28H32N8O2.C27H30N8O2/c1-30(2,40)24-17-38(12-13-41-24)23-6-7-25(35-22(23)16-36(3)4)34-21-15-32-27(20-14-33-29(39)26(20)21)18-8-10-31-28-19(18)9-11-37(28)5;1-34(2)16-22-23(36-12-7-17(37)8-13-36)4-5-24(33-22)32-21-15-30-26(20-14-31-28(38)25(20)21)18-6-10-29-27-19(18)9-11-35(27)3;1-33(2)16-21-22(35-10-12-37-13-11-35)4-5-23(32-21)31-20-15-29-25(19-14-30-27(36)24(19)20)17-6-8-28-26-18(17)7-9-34(26)3/h6-11,15,24,40H,12-14,16-17H2,1-5H3,(H,33,39)(H,34,35);4-6,9-11,15,17,37H,7-8,12-14,16H2,1-3H3,(H,31,38)(H,32,33);4-9,15H,10-14,16H2,1-3H3,(H,30,36)(H,31,32)/t24-;;/m1../s1. The molecule has 0 bridgehead atoms. The molecule has 6 aliphatic heterocycles. The van der Waals surface area contributed by atoms with Gasteiger partial charge in [0.1, 0.15) is 40.5 Å². The third-order valence-electron chi connectivity index (χ3n) is 22.0. The topological polar surface area (TPSA) is 333 Å². The summed E-state index contributed by atoms with van der Waals surface area (Å²) >= 11 is 0. The summed E-state index contributed by atoms with van der Waals surface area (Å²) in [5.74, 6) is 1.59. The first-order chi connectivity index (χ1) is 56.0. The maximum atomic E-state index is 13.1. The number of aliphatic hydroxyl groups is 2. The largest absolute Gasteiger partial charge is 0.393 e. The van der Waals surface area contributed by atoms with Crippen molar-refractivity contribution in [3.05, 3.63) is 179 Å². The van der Waals surface area contributed by atoms with Crippen LogP contribution in [0.3, 0.4) is 0 Å². The summed E-state index contributed by atoms with van der Waals surface area (Å²) in [5, 5.41) is 42.6. The molecular weight excluding hydrogens is 1470 g/mol. The van der Waals surface area contributed by atoms with E-state index in [9.17, 15) is 24.6 Å². The highest BCUT2D eigenvalue weighted by atomic mass is 16.5. The van der Waals surface area contributed by atoms with Gasteiger partial charge in [-0.1, -0.05) is 0 Å². The number of nitrogens with one attached hydrogen (secondary N) is 6. The third kappa shape index (κ3) is 15.8. The number of hydrogen-bond acceptors (Lipinski definition) is 25. The second kappa shape index (κ2) is 32.7. The van der Waals surface area contributed by atoms with E-state index in [0.717, 1.165) is 157 Å². The summed E-state index contributed by atoms with van der Waals surface area (Å²) < 4.78 is 17.3. The lowest BCUT2D eigenvalue weighted by Gasteiger charge is -2.40. The molecule has 3 amide bonds. The average Bonchev–Trinajstić information content (AvgIpc) is 1.59. The number of nitrogens with zero attached hydrogens (tertiary/aromatic N) is 18. The summed E-state index contributed by atoms with van der Waals surface area (Å²) in [6.07, 6.45) is 17.4. The van der Waals surface area contributed by atoms with E-state index in [1.54, 1.807) is 51.0 Å². The first kappa shape index (κ1) is 77.8. The van der Waals surface area contributed by atoms with Gasteiger partial charge in [-0.15, -0.1) is 0 Å². The number of ether oxygens (including phenoxy) is 2. The number of carbonyl (C=O) groups is 3. The smallest absolute Gasteiger partial charge is 0.254 e. The number of rotatable bonds is 19. The predicted octanol–water partition coefficient (Wildman–Crippen LogP) is 9.01. The molecule has 0 saturated carbocycles. The van der Waals surface area contributed by atoms with Gasteiger partial charge in [-0.3, -0.25) is 29.3 Å². The summed E-state index contributed by atoms with van der Waals surface area (Å²) in [5.41, 5.74) is 19.2. The molecule has 0 aliphatic carbocycles. The Bertz CT molecular complexity index is 5740. The van der Waals surface area contributed by atoms with Gasteiger partial charge in [-0.05, 0) is 142 Å². The summed E-state index contributed by atoms with van der Waals surface area (Å²) in [6, 6.07) is 24.0. The fourth-order valence-electron chi connectivity index (χ4n) is 16.2. The van der Waals surface area contributed by atoms with Crippen LogP contribution in [0.5, 0.6) is 0 Å². The first-order valence-electron chi connectivity index (χ1n) is 39.2. The van der Waals surface area contributed by atoms with E-state index in [2.05, 4.69) is 88.4 Å². The lowest BCUT2D eigenvalue weighted by molar-refractivity contribution is -0.0928. The van der Waals surface area contributed by atoms with E-state index in [4.69, 9.17) is 39.4 Å². The maximum Gasteiger partial charge on any atom is 0.254 e. The molecule has 12 aromatic heterocycles. The van der Waals surface area contributed by atoms with Crippen LogP contribution in [0.15, 0.2) is 129 Å². The number of piperidine rings is 1. The molecule has 8 N–H and O–H groups in total. The van der Waals surface area contributed by atoms with Gasteiger partial charge in [-0.25, -0.2) is 29.9 Å². The Kier molecular flexibility index (Phi) is 21.9. The summed E-state index contributed by atoms with van der Waals surface area (Å²) in [6.45, 7) is 13.3. The van der Waals surface area contributed by atoms with Crippen LogP contribution in [-0.2, 0) is 69.9 Å². The second-order valence-electron chi connectivity index (χ2n) is 31.6. The van der Waals surface area contributed by atoms with Crippen LogP contribution in [0.1, 0.15) is 91.5 Å². The van der Waals surface area contributed by atoms with Crippen molar-refractivity contribution in [2.75, 3.05) is 132 Å². The number of morpholine rings is 2. The van der Waals surface area contributed by atoms with Crippen molar-refractivity contribution in [1.82, 2.24) is 89.2 Å². The maximum absolute atomic E-state index is 13.1. The van der Waals surface area contributed by atoms with Gasteiger partial charge in [0.05, 0.1) is 135 Å². The number of aryl methyl sites for hydroxylation is 3. The number of carbonyl (C=O) groups excluding carboxylic acids is 3. The number of hydrogen-bond donors (Lipinski definition) is 8. The van der Waals surface area contributed by atoms with Crippen molar-refractivity contribution in [2.45, 2.75) is 83.8 Å². The minimum atomic E-state index is -0.946. The Morgan fingerprint density at radius 2 is 0.810 bits per heavy atom. The third-order valence-corrected chi connectivity index (χ3v) is 22.0. The van der Waals surface area contributed by atoms with E-state index < -0.39 is 5.60 Å². The molecule has 1 atom stereocenters. The number of aromatic nitrogens is 12. The highest BCUT2D eigenvalue weighted by molar-refractivity contribution is 6.09. The van der Waals surface area contributed by atoms with E-state index in [0.29, 0.717) is 123 Å². The Hall–Kier alpha value is -12.1. The van der Waals surface area contributed by atoms with Crippen molar-refractivity contribution in [2.24, 2.45) is 21.1 Å². The minimum absolute atomic E-state index is 0.113. The highest BCUT2D eigenvalue weighted by Gasteiger charge is 2.36. The van der Waals surface area contributed by atoms with Crippen molar-refractivity contribution in [3.63, 3.8) is 0 Å². The van der Waals surface area contributed by atoms with E-state index in [1.165, 1.54) is 0 Å². The Labute approximate surface area is 672 Å².